The third kappa shape index (κ3) is 5.65. The Kier molecular flexibility index (Phi) is 4.89. The standard InChI is InChI=1S/C11H15NO3S2/c1-17(13,14)8-2-7-15-10-5-3-9(4-6-10)11(12)16/h3-6H,2,7-8H2,1H3,(H2,12,16). The van der Waals surface area contributed by atoms with E-state index in [4.69, 9.17) is 22.7 Å². The van der Waals surface area contributed by atoms with Crippen molar-refractivity contribution in [2.24, 2.45) is 5.73 Å². The molecule has 0 amide bonds. The van der Waals surface area contributed by atoms with Gasteiger partial charge in [-0.2, -0.15) is 0 Å². The maximum Gasteiger partial charge on any atom is 0.147 e. The molecule has 6 heteroatoms. The molecule has 0 aliphatic heterocycles. The Bertz CT molecular complexity index is 480. The lowest BCUT2D eigenvalue weighted by Gasteiger charge is -2.06. The summed E-state index contributed by atoms with van der Waals surface area (Å²) in [5.74, 6) is 0.816. The summed E-state index contributed by atoms with van der Waals surface area (Å²) in [6, 6.07) is 7.06. The second-order valence-corrected chi connectivity index (χ2v) is 6.42. The molecule has 0 unspecified atom stereocenters. The van der Waals surface area contributed by atoms with Crippen LogP contribution in [0.25, 0.3) is 0 Å². The van der Waals surface area contributed by atoms with E-state index < -0.39 is 9.84 Å². The van der Waals surface area contributed by atoms with Crippen molar-refractivity contribution in [3.05, 3.63) is 29.8 Å². The van der Waals surface area contributed by atoms with E-state index in [1.54, 1.807) is 24.3 Å². The van der Waals surface area contributed by atoms with Crippen molar-refractivity contribution < 1.29 is 13.2 Å². The van der Waals surface area contributed by atoms with Crippen molar-refractivity contribution in [1.29, 1.82) is 0 Å². The Morgan fingerprint density at radius 1 is 1.35 bits per heavy atom. The lowest BCUT2D eigenvalue weighted by atomic mass is 10.2. The van der Waals surface area contributed by atoms with Gasteiger partial charge >= 0.3 is 0 Å². The van der Waals surface area contributed by atoms with Gasteiger partial charge in [0.25, 0.3) is 0 Å². The van der Waals surface area contributed by atoms with Crippen LogP contribution in [0.1, 0.15) is 12.0 Å². The Hall–Kier alpha value is -1.14. The minimum atomic E-state index is -2.91. The van der Waals surface area contributed by atoms with Gasteiger partial charge in [0, 0.05) is 11.8 Å². The van der Waals surface area contributed by atoms with Gasteiger partial charge in [0.05, 0.1) is 12.4 Å². The number of benzene rings is 1. The maximum atomic E-state index is 10.9. The van der Waals surface area contributed by atoms with Crippen LogP contribution in [0.4, 0.5) is 0 Å². The van der Waals surface area contributed by atoms with Crippen LogP contribution in [0.2, 0.25) is 0 Å². The van der Waals surface area contributed by atoms with Gasteiger partial charge in [0.1, 0.15) is 20.6 Å². The molecule has 17 heavy (non-hydrogen) atoms. The van der Waals surface area contributed by atoms with Crippen molar-refractivity contribution in [2.75, 3.05) is 18.6 Å². The zero-order valence-corrected chi connectivity index (χ0v) is 11.2. The Morgan fingerprint density at radius 2 is 1.94 bits per heavy atom. The lowest BCUT2D eigenvalue weighted by molar-refractivity contribution is 0.318. The second kappa shape index (κ2) is 5.97. The zero-order chi connectivity index (χ0) is 12.9. The molecule has 0 aliphatic carbocycles. The highest BCUT2D eigenvalue weighted by molar-refractivity contribution is 7.90. The number of rotatable bonds is 6. The molecule has 0 saturated carbocycles. The van der Waals surface area contributed by atoms with Gasteiger partial charge in [-0.15, -0.1) is 0 Å². The summed E-state index contributed by atoms with van der Waals surface area (Å²) in [6.07, 6.45) is 1.69. The molecule has 0 spiro atoms. The van der Waals surface area contributed by atoms with Crippen LogP contribution in [-0.4, -0.2) is 32.0 Å². The molecular weight excluding hydrogens is 258 g/mol. The van der Waals surface area contributed by atoms with Gasteiger partial charge in [0.2, 0.25) is 0 Å². The van der Waals surface area contributed by atoms with Gasteiger partial charge in [-0.25, -0.2) is 8.42 Å². The summed E-state index contributed by atoms with van der Waals surface area (Å²) < 4.78 is 27.1. The number of hydrogen-bond donors (Lipinski definition) is 1. The fraction of sp³-hybridized carbons (Fsp3) is 0.364. The molecule has 0 atom stereocenters. The number of ether oxygens (including phenoxy) is 1. The molecule has 4 nitrogen and oxygen atoms in total. The molecule has 0 radical (unpaired) electrons. The highest BCUT2D eigenvalue weighted by atomic mass is 32.2. The number of thiocarbonyl (C=S) groups is 1. The average molecular weight is 273 g/mol. The summed E-state index contributed by atoms with van der Waals surface area (Å²) in [4.78, 5) is 0.341. The first-order valence-corrected chi connectivity index (χ1v) is 7.56. The van der Waals surface area contributed by atoms with E-state index >= 15 is 0 Å². The van der Waals surface area contributed by atoms with E-state index in [9.17, 15) is 8.42 Å². The smallest absolute Gasteiger partial charge is 0.147 e. The Labute approximate surface area is 107 Å². The number of sulfone groups is 1. The quantitative estimate of drug-likeness (QED) is 0.621. The first-order valence-electron chi connectivity index (χ1n) is 5.09. The number of hydrogen-bond acceptors (Lipinski definition) is 4. The van der Waals surface area contributed by atoms with Crippen LogP contribution in [0.3, 0.4) is 0 Å². The first kappa shape index (κ1) is 13.9. The molecule has 1 aromatic rings. The summed E-state index contributed by atoms with van der Waals surface area (Å²) in [6.45, 7) is 0.374. The van der Waals surface area contributed by atoms with Crippen LogP contribution >= 0.6 is 12.2 Å². The van der Waals surface area contributed by atoms with Crippen LogP contribution in [0.15, 0.2) is 24.3 Å². The molecule has 0 bridgehead atoms. The van der Waals surface area contributed by atoms with Gasteiger partial charge in [-0.1, -0.05) is 12.2 Å². The highest BCUT2D eigenvalue weighted by Gasteiger charge is 2.02. The largest absolute Gasteiger partial charge is 0.494 e. The summed E-state index contributed by atoms with van der Waals surface area (Å²) in [5, 5.41) is 0. The summed E-state index contributed by atoms with van der Waals surface area (Å²) in [7, 11) is -2.91. The maximum absolute atomic E-state index is 10.9. The first-order chi connectivity index (χ1) is 7.88. The minimum absolute atomic E-state index is 0.137. The van der Waals surface area contributed by atoms with E-state index in [0.717, 1.165) is 5.56 Å². The van der Waals surface area contributed by atoms with E-state index in [0.29, 0.717) is 23.8 Å². The van der Waals surface area contributed by atoms with E-state index in [1.165, 1.54) is 6.26 Å². The Morgan fingerprint density at radius 3 is 2.41 bits per heavy atom. The minimum Gasteiger partial charge on any atom is -0.494 e. The van der Waals surface area contributed by atoms with Crippen LogP contribution < -0.4 is 10.5 Å². The molecule has 0 aromatic heterocycles. The third-order valence-corrected chi connectivity index (χ3v) is 3.33. The fourth-order valence-corrected chi connectivity index (χ4v) is 2.00. The average Bonchev–Trinajstić information content (AvgIpc) is 2.24. The summed E-state index contributed by atoms with van der Waals surface area (Å²) >= 11 is 4.82. The van der Waals surface area contributed by atoms with Crippen molar-refractivity contribution in [1.82, 2.24) is 0 Å². The van der Waals surface area contributed by atoms with Crippen molar-refractivity contribution >= 4 is 27.0 Å². The fourth-order valence-electron chi connectivity index (χ4n) is 1.23. The zero-order valence-electron chi connectivity index (χ0n) is 9.55. The molecule has 1 rings (SSSR count). The van der Waals surface area contributed by atoms with Crippen LogP contribution in [0.5, 0.6) is 5.75 Å². The topological polar surface area (TPSA) is 69.4 Å². The summed E-state index contributed by atoms with van der Waals surface area (Å²) in [5.41, 5.74) is 6.24. The molecule has 0 fully saturated rings. The predicted octanol–water partition coefficient (Wildman–Crippen LogP) is 1.13. The monoisotopic (exact) mass is 273 g/mol. The Balaban J connectivity index is 2.40. The molecular formula is C11H15NO3S2. The predicted molar refractivity (Wildman–Crippen MR) is 72.2 cm³/mol. The van der Waals surface area contributed by atoms with E-state index in [2.05, 4.69) is 0 Å². The molecule has 94 valence electrons. The van der Waals surface area contributed by atoms with Gasteiger partial charge < -0.3 is 10.5 Å². The molecule has 0 saturated heterocycles. The van der Waals surface area contributed by atoms with Gasteiger partial charge in [-0.05, 0) is 30.7 Å². The van der Waals surface area contributed by atoms with Gasteiger partial charge in [0.15, 0.2) is 0 Å². The van der Waals surface area contributed by atoms with Crippen molar-refractivity contribution in [3.8, 4) is 5.75 Å². The van der Waals surface area contributed by atoms with Gasteiger partial charge in [-0.3, -0.25) is 0 Å². The second-order valence-electron chi connectivity index (χ2n) is 3.72. The lowest BCUT2D eigenvalue weighted by Crippen LogP contribution is -2.09. The van der Waals surface area contributed by atoms with E-state index in [1.807, 2.05) is 0 Å². The molecule has 2 N–H and O–H groups in total. The van der Waals surface area contributed by atoms with E-state index in [-0.39, 0.29) is 5.75 Å². The van der Waals surface area contributed by atoms with Crippen molar-refractivity contribution in [3.63, 3.8) is 0 Å². The molecule has 0 aliphatic rings. The molecule has 0 heterocycles. The third-order valence-electron chi connectivity index (χ3n) is 2.07. The van der Waals surface area contributed by atoms with Crippen LogP contribution in [-0.2, 0) is 9.84 Å². The van der Waals surface area contributed by atoms with Crippen LogP contribution in [0, 0.1) is 0 Å². The van der Waals surface area contributed by atoms with Crippen molar-refractivity contribution in [2.45, 2.75) is 6.42 Å². The normalized spacial score (nSPS) is 11.1. The SMILES string of the molecule is CS(=O)(=O)CCCOc1ccc(C(N)=S)cc1. The molecule has 1 aromatic carbocycles. The highest BCUT2D eigenvalue weighted by Crippen LogP contribution is 2.12. The number of nitrogens with two attached hydrogens (primary N) is 1.